The fourth-order valence-electron chi connectivity index (χ4n) is 1.44. The van der Waals surface area contributed by atoms with Crippen LogP contribution in [0.1, 0.15) is 28.9 Å². The third-order valence-corrected chi connectivity index (χ3v) is 2.22. The van der Waals surface area contributed by atoms with Crippen molar-refractivity contribution >= 4 is 0 Å². The standard InChI is InChI=1S/C10H8F5N3/c11-9(12)8-6(1-2-16)5(4-17)3-7(18-8)10(13,14)15/h3,9H,1,4,17H2. The first-order valence-electron chi connectivity index (χ1n) is 4.76. The van der Waals surface area contributed by atoms with Crippen molar-refractivity contribution in [1.82, 2.24) is 4.98 Å². The zero-order valence-electron chi connectivity index (χ0n) is 8.93. The Bertz CT molecular complexity index is 476. The Hall–Kier alpha value is -1.75. The van der Waals surface area contributed by atoms with Gasteiger partial charge in [-0.3, -0.25) is 0 Å². The molecule has 0 aliphatic rings. The Morgan fingerprint density at radius 1 is 1.39 bits per heavy atom. The van der Waals surface area contributed by atoms with Crippen molar-refractivity contribution in [2.45, 2.75) is 25.6 Å². The van der Waals surface area contributed by atoms with Crippen LogP contribution in [-0.4, -0.2) is 4.98 Å². The number of aromatic nitrogens is 1. The Morgan fingerprint density at radius 3 is 2.39 bits per heavy atom. The molecule has 0 saturated carbocycles. The SMILES string of the molecule is N#CCc1c(CN)cc(C(F)(F)F)nc1C(F)F. The lowest BCUT2D eigenvalue weighted by Gasteiger charge is -2.14. The van der Waals surface area contributed by atoms with Gasteiger partial charge in [-0.15, -0.1) is 0 Å². The van der Waals surface area contributed by atoms with Crippen molar-refractivity contribution in [2.75, 3.05) is 0 Å². The van der Waals surface area contributed by atoms with E-state index in [-0.39, 0.29) is 17.7 Å². The first kappa shape index (κ1) is 14.3. The highest BCUT2D eigenvalue weighted by molar-refractivity contribution is 5.36. The summed E-state index contributed by atoms with van der Waals surface area (Å²) in [6.07, 6.45) is -8.49. The molecule has 0 atom stereocenters. The maximum atomic E-state index is 12.7. The highest BCUT2D eigenvalue weighted by Gasteiger charge is 2.35. The van der Waals surface area contributed by atoms with Crippen molar-refractivity contribution in [3.63, 3.8) is 0 Å². The van der Waals surface area contributed by atoms with Crippen LogP contribution in [-0.2, 0) is 19.1 Å². The van der Waals surface area contributed by atoms with Gasteiger partial charge in [0.2, 0.25) is 0 Å². The van der Waals surface area contributed by atoms with Gasteiger partial charge in [0, 0.05) is 6.54 Å². The third kappa shape index (κ3) is 2.92. The second-order valence-corrected chi connectivity index (χ2v) is 3.37. The molecule has 0 unspecified atom stereocenters. The van der Waals surface area contributed by atoms with Crippen LogP contribution in [0.3, 0.4) is 0 Å². The van der Waals surface area contributed by atoms with E-state index in [4.69, 9.17) is 11.0 Å². The number of rotatable bonds is 3. The maximum Gasteiger partial charge on any atom is 0.433 e. The number of nitrogens with two attached hydrogens (primary N) is 1. The molecule has 98 valence electrons. The van der Waals surface area contributed by atoms with Crippen LogP contribution in [0.4, 0.5) is 22.0 Å². The lowest BCUT2D eigenvalue weighted by molar-refractivity contribution is -0.141. The summed E-state index contributed by atoms with van der Waals surface area (Å²) in [6.45, 7) is -0.373. The van der Waals surface area contributed by atoms with Crippen LogP contribution in [0.5, 0.6) is 0 Å². The first-order valence-corrected chi connectivity index (χ1v) is 4.76. The minimum absolute atomic E-state index is 0.144. The molecule has 8 heteroatoms. The van der Waals surface area contributed by atoms with Crippen LogP contribution >= 0.6 is 0 Å². The Balaban J connectivity index is 3.49. The lowest BCUT2D eigenvalue weighted by atomic mass is 10.0. The van der Waals surface area contributed by atoms with Gasteiger partial charge in [-0.25, -0.2) is 13.8 Å². The second-order valence-electron chi connectivity index (χ2n) is 3.37. The summed E-state index contributed by atoms with van der Waals surface area (Å²) in [6, 6.07) is 2.20. The minimum Gasteiger partial charge on any atom is -0.326 e. The molecule has 0 radical (unpaired) electrons. The molecule has 0 bridgehead atoms. The molecule has 1 aromatic rings. The Kier molecular flexibility index (Phi) is 4.19. The summed E-state index contributed by atoms with van der Waals surface area (Å²) >= 11 is 0. The van der Waals surface area contributed by atoms with E-state index >= 15 is 0 Å². The van der Waals surface area contributed by atoms with Gasteiger partial charge in [0.05, 0.1) is 12.5 Å². The van der Waals surface area contributed by atoms with E-state index in [0.717, 1.165) is 0 Å². The van der Waals surface area contributed by atoms with E-state index < -0.39 is 30.4 Å². The Labute approximate surface area is 99.0 Å². The molecule has 0 spiro atoms. The molecule has 0 aliphatic heterocycles. The van der Waals surface area contributed by atoms with Crippen molar-refractivity contribution in [3.8, 4) is 6.07 Å². The third-order valence-electron chi connectivity index (χ3n) is 2.22. The lowest BCUT2D eigenvalue weighted by Crippen LogP contribution is -2.15. The maximum absolute atomic E-state index is 12.7. The van der Waals surface area contributed by atoms with Gasteiger partial charge in [0.1, 0.15) is 11.4 Å². The number of nitrogens with zero attached hydrogens (tertiary/aromatic N) is 2. The van der Waals surface area contributed by atoms with E-state index in [1.807, 2.05) is 0 Å². The number of alkyl halides is 5. The summed E-state index contributed by atoms with van der Waals surface area (Å²) in [4.78, 5) is 2.89. The van der Waals surface area contributed by atoms with Gasteiger partial charge in [0.25, 0.3) is 6.43 Å². The summed E-state index contributed by atoms with van der Waals surface area (Å²) in [5.74, 6) is 0. The van der Waals surface area contributed by atoms with Crippen LogP contribution in [0.25, 0.3) is 0 Å². The fourth-order valence-corrected chi connectivity index (χ4v) is 1.44. The van der Waals surface area contributed by atoms with Crippen LogP contribution in [0, 0.1) is 11.3 Å². The van der Waals surface area contributed by atoms with Gasteiger partial charge in [0.15, 0.2) is 0 Å². The number of hydrogen-bond donors (Lipinski definition) is 1. The van der Waals surface area contributed by atoms with Gasteiger partial charge in [-0.1, -0.05) is 0 Å². The van der Waals surface area contributed by atoms with Crippen molar-refractivity contribution in [1.29, 1.82) is 5.26 Å². The van der Waals surface area contributed by atoms with Gasteiger partial charge in [-0.05, 0) is 17.2 Å². The van der Waals surface area contributed by atoms with Crippen molar-refractivity contribution in [2.24, 2.45) is 5.73 Å². The summed E-state index contributed by atoms with van der Waals surface area (Å²) < 4.78 is 62.7. The number of nitriles is 1. The largest absolute Gasteiger partial charge is 0.433 e. The molecule has 1 aromatic heterocycles. The smallest absolute Gasteiger partial charge is 0.326 e. The van der Waals surface area contributed by atoms with Crippen LogP contribution < -0.4 is 5.73 Å². The molecule has 0 saturated heterocycles. The normalized spacial score (nSPS) is 11.7. The number of pyridine rings is 1. The second kappa shape index (κ2) is 5.27. The predicted molar refractivity (Wildman–Crippen MR) is 51.4 cm³/mol. The average Bonchev–Trinajstić information content (AvgIpc) is 2.27. The quantitative estimate of drug-likeness (QED) is 0.854. The zero-order chi connectivity index (χ0) is 13.9. The summed E-state index contributed by atoms with van der Waals surface area (Å²) in [5.41, 5.74) is 2.37. The molecule has 1 heterocycles. The molecular weight excluding hydrogens is 257 g/mol. The van der Waals surface area contributed by atoms with E-state index in [1.54, 1.807) is 6.07 Å². The van der Waals surface area contributed by atoms with E-state index in [2.05, 4.69) is 4.98 Å². The first-order chi connectivity index (χ1) is 8.31. The number of hydrogen-bond acceptors (Lipinski definition) is 3. The molecule has 0 fully saturated rings. The molecule has 2 N–H and O–H groups in total. The summed E-state index contributed by atoms with van der Waals surface area (Å²) in [5, 5.41) is 8.49. The predicted octanol–water partition coefficient (Wildman–Crippen LogP) is 2.56. The van der Waals surface area contributed by atoms with Crippen LogP contribution in [0.15, 0.2) is 6.07 Å². The van der Waals surface area contributed by atoms with Crippen LogP contribution in [0.2, 0.25) is 0 Å². The van der Waals surface area contributed by atoms with Crippen molar-refractivity contribution in [3.05, 3.63) is 28.6 Å². The molecule has 0 aliphatic carbocycles. The molecule has 0 aromatic carbocycles. The highest BCUT2D eigenvalue weighted by Crippen LogP contribution is 2.32. The van der Waals surface area contributed by atoms with Gasteiger partial charge in [-0.2, -0.15) is 18.4 Å². The molecule has 1 rings (SSSR count). The highest BCUT2D eigenvalue weighted by atomic mass is 19.4. The summed E-state index contributed by atoms with van der Waals surface area (Å²) in [7, 11) is 0. The van der Waals surface area contributed by atoms with E-state index in [9.17, 15) is 22.0 Å². The molecular formula is C10H8F5N3. The topological polar surface area (TPSA) is 62.7 Å². The molecule has 3 nitrogen and oxygen atoms in total. The zero-order valence-corrected chi connectivity index (χ0v) is 8.93. The van der Waals surface area contributed by atoms with E-state index in [0.29, 0.717) is 6.07 Å². The number of halogens is 5. The molecule has 0 amide bonds. The Morgan fingerprint density at radius 2 is 2.00 bits per heavy atom. The monoisotopic (exact) mass is 265 g/mol. The van der Waals surface area contributed by atoms with Crippen molar-refractivity contribution < 1.29 is 22.0 Å². The van der Waals surface area contributed by atoms with E-state index in [1.165, 1.54) is 0 Å². The minimum atomic E-state index is -4.83. The van der Waals surface area contributed by atoms with Gasteiger partial charge < -0.3 is 5.73 Å². The van der Waals surface area contributed by atoms with Gasteiger partial charge >= 0.3 is 6.18 Å². The fraction of sp³-hybridized carbons (Fsp3) is 0.400. The average molecular weight is 265 g/mol. The molecule has 18 heavy (non-hydrogen) atoms.